The van der Waals surface area contributed by atoms with Crippen LogP contribution in [0.1, 0.15) is 13.3 Å². The van der Waals surface area contributed by atoms with Crippen molar-refractivity contribution in [3.63, 3.8) is 0 Å². The lowest BCUT2D eigenvalue weighted by molar-refractivity contribution is -0.141. The molecule has 106 valence electrons. The molecule has 0 aromatic heterocycles. The molecule has 1 aromatic rings. The molecule has 1 N–H and O–H groups in total. The number of sulfonamides is 1. The summed E-state index contributed by atoms with van der Waals surface area (Å²) in [6.45, 7) is 1.53. The van der Waals surface area contributed by atoms with Gasteiger partial charge in [-0.2, -0.15) is 4.31 Å². The number of rotatable bonds is 5. The number of carboxylic acids is 1. The molecule has 0 aliphatic carbocycles. The number of benzene rings is 1. The zero-order valence-corrected chi connectivity index (χ0v) is 11.9. The first-order valence-electron chi connectivity index (χ1n) is 5.37. The average Bonchev–Trinajstić information content (AvgIpc) is 2.28. The number of likely N-dealkylation sites (N-methyl/N-ethyl adjacent to an activating group) is 1. The van der Waals surface area contributed by atoms with E-state index in [1.807, 2.05) is 0 Å². The molecule has 0 aliphatic rings. The van der Waals surface area contributed by atoms with Crippen LogP contribution in [-0.4, -0.2) is 36.9 Å². The summed E-state index contributed by atoms with van der Waals surface area (Å²) in [5.41, 5.74) is 0. The molecule has 1 unspecified atom stereocenters. The van der Waals surface area contributed by atoms with E-state index >= 15 is 0 Å². The Bertz CT molecular complexity index is 590. The van der Waals surface area contributed by atoms with E-state index in [-0.39, 0.29) is 11.4 Å². The van der Waals surface area contributed by atoms with Crippen LogP contribution >= 0.6 is 11.6 Å². The minimum atomic E-state index is -4.22. The van der Waals surface area contributed by atoms with Gasteiger partial charge in [-0.1, -0.05) is 18.5 Å². The number of hydrogen-bond acceptors (Lipinski definition) is 3. The highest BCUT2D eigenvalue weighted by atomic mass is 35.5. The van der Waals surface area contributed by atoms with Crippen molar-refractivity contribution in [1.29, 1.82) is 0 Å². The highest BCUT2D eigenvalue weighted by Crippen LogP contribution is 2.23. The smallest absolute Gasteiger partial charge is 0.321 e. The Morgan fingerprint density at radius 1 is 1.53 bits per heavy atom. The third-order valence-corrected chi connectivity index (χ3v) is 4.80. The Morgan fingerprint density at radius 3 is 2.53 bits per heavy atom. The summed E-state index contributed by atoms with van der Waals surface area (Å²) in [6.07, 6.45) is 0.0697. The van der Waals surface area contributed by atoms with Gasteiger partial charge in [-0.15, -0.1) is 0 Å². The topological polar surface area (TPSA) is 74.7 Å². The molecule has 8 heteroatoms. The molecular formula is C11H13ClFNO4S. The van der Waals surface area contributed by atoms with Crippen molar-refractivity contribution in [2.75, 3.05) is 7.05 Å². The summed E-state index contributed by atoms with van der Waals surface area (Å²) in [5.74, 6) is -2.30. The Labute approximate surface area is 115 Å². The van der Waals surface area contributed by atoms with Crippen molar-refractivity contribution in [1.82, 2.24) is 4.31 Å². The lowest BCUT2D eigenvalue weighted by atomic mass is 10.2. The van der Waals surface area contributed by atoms with Gasteiger partial charge < -0.3 is 5.11 Å². The fraction of sp³-hybridized carbons (Fsp3) is 0.364. The minimum absolute atomic E-state index is 0.0596. The molecule has 0 saturated heterocycles. The highest BCUT2D eigenvalue weighted by molar-refractivity contribution is 7.89. The van der Waals surface area contributed by atoms with E-state index < -0.39 is 32.7 Å². The highest BCUT2D eigenvalue weighted by Gasteiger charge is 2.33. The fourth-order valence-corrected chi connectivity index (χ4v) is 3.18. The van der Waals surface area contributed by atoms with E-state index in [4.69, 9.17) is 16.7 Å². The molecule has 1 aromatic carbocycles. The molecule has 0 saturated carbocycles. The van der Waals surface area contributed by atoms with E-state index in [1.54, 1.807) is 0 Å². The van der Waals surface area contributed by atoms with Gasteiger partial charge in [0, 0.05) is 12.1 Å². The summed E-state index contributed by atoms with van der Waals surface area (Å²) < 4.78 is 38.6. The largest absolute Gasteiger partial charge is 0.480 e. The third-order valence-electron chi connectivity index (χ3n) is 2.66. The van der Waals surface area contributed by atoms with Crippen LogP contribution in [-0.2, 0) is 14.8 Å². The predicted octanol–water partition coefficient (Wildman–Crippen LogP) is 1.96. The first-order valence-corrected chi connectivity index (χ1v) is 7.19. The SMILES string of the molecule is CCC(C(=O)O)N(C)S(=O)(=O)c1ccc(Cl)cc1F. The van der Waals surface area contributed by atoms with Gasteiger partial charge >= 0.3 is 5.97 Å². The van der Waals surface area contributed by atoms with Gasteiger partial charge in [0.1, 0.15) is 16.8 Å². The van der Waals surface area contributed by atoms with Gasteiger partial charge in [-0.25, -0.2) is 12.8 Å². The minimum Gasteiger partial charge on any atom is -0.480 e. The quantitative estimate of drug-likeness (QED) is 0.902. The number of halogens is 2. The predicted molar refractivity (Wildman–Crippen MR) is 68.1 cm³/mol. The van der Waals surface area contributed by atoms with Crippen molar-refractivity contribution >= 4 is 27.6 Å². The number of carbonyl (C=O) groups is 1. The Morgan fingerprint density at radius 2 is 2.11 bits per heavy atom. The van der Waals surface area contributed by atoms with Crippen molar-refractivity contribution < 1.29 is 22.7 Å². The summed E-state index contributed by atoms with van der Waals surface area (Å²) in [4.78, 5) is 10.4. The Kier molecular flexibility index (Phi) is 4.89. The third kappa shape index (κ3) is 3.23. The normalized spacial score (nSPS) is 13.5. The van der Waals surface area contributed by atoms with Gasteiger partial charge in [-0.3, -0.25) is 4.79 Å². The molecule has 1 atom stereocenters. The standard InChI is InChI=1S/C11H13ClFNO4S/c1-3-9(11(15)16)14(2)19(17,18)10-5-4-7(12)6-8(10)13/h4-6,9H,3H2,1-2H3,(H,15,16). The molecule has 0 bridgehead atoms. The van der Waals surface area contributed by atoms with Crippen LogP contribution in [0.15, 0.2) is 23.1 Å². The van der Waals surface area contributed by atoms with Crippen LogP contribution in [0.3, 0.4) is 0 Å². The number of carboxylic acid groups (broad SMARTS) is 1. The first-order chi connectivity index (χ1) is 8.71. The lowest BCUT2D eigenvalue weighted by Crippen LogP contribution is -2.42. The zero-order chi connectivity index (χ0) is 14.8. The summed E-state index contributed by atoms with van der Waals surface area (Å²) in [7, 11) is -3.12. The second kappa shape index (κ2) is 5.85. The monoisotopic (exact) mass is 309 g/mol. The fourth-order valence-electron chi connectivity index (χ4n) is 1.59. The molecule has 19 heavy (non-hydrogen) atoms. The number of hydrogen-bond donors (Lipinski definition) is 1. The van der Waals surface area contributed by atoms with Crippen molar-refractivity contribution in [3.8, 4) is 0 Å². The molecule has 0 amide bonds. The maximum Gasteiger partial charge on any atom is 0.321 e. The second-order valence-corrected chi connectivity index (χ2v) is 6.26. The first kappa shape index (κ1) is 15.9. The molecule has 5 nitrogen and oxygen atoms in total. The van der Waals surface area contributed by atoms with E-state index in [1.165, 1.54) is 13.0 Å². The molecule has 0 heterocycles. The maximum absolute atomic E-state index is 13.6. The van der Waals surface area contributed by atoms with E-state index in [0.717, 1.165) is 19.2 Å². The van der Waals surface area contributed by atoms with Gasteiger partial charge in [-0.05, 0) is 24.6 Å². The van der Waals surface area contributed by atoms with Crippen LogP contribution in [0, 0.1) is 5.82 Å². The number of aliphatic carboxylic acids is 1. The molecule has 0 radical (unpaired) electrons. The maximum atomic E-state index is 13.6. The van der Waals surface area contributed by atoms with Crippen molar-refractivity contribution in [3.05, 3.63) is 29.0 Å². The van der Waals surface area contributed by atoms with Crippen LogP contribution in [0.2, 0.25) is 5.02 Å². The summed E-state index contributed by atoms with van der Waals surface area (Å²) >= 11 is 5.54. The zero-order valence-electron chi connectivity index (χ0n) is 10.3. The van der Waals surface area contributed by atoms with E-state index in [2.05, 4.69) is 0 Å². The van der Waals surface area contributed by atoms with Crippen LogP contribution in [0.25, 0.3) is 0 Å². The van der Waals surface area contributed by atoms with E-state index in [0.29, 0.717) is 4.31 Å². The van der Waals surface area contributed by atoms with Crippen LogP contribution in [0.5, 0.6) is 0 Å². The average molecular weight is 310 g/mol. The molecule has 1 rings (SSSR count). The molecule has 0 spiro atoms. The Hall–Kier alpha value is -1.18. The Balaban J connectivity index is 3.27. The number of nitrogens with zero attached hydrogens (tertiary/aromatic N) is 1. The summed E-state index contributed by atoms with van der Waals surface area (Å²) in [6, 6.07) is 1.86. The molecule has 0 fully saturated rings. The van der Waals surface area contributed by atoms with Gasteiger partial charge in [0.05, 0.1) is 0 Å². The molecule has 0 aliphatic heterocycles. The van der Waals surface area contributed by atoms with Crippen molar-refractivity contribution in [2.24, 2.45) is 0 Å². The van der Waals surface area contributed by atoms with E-state index in [9.17, 15) is 17.6 Å². The van der Waals surface area contributed by atoms with Gasteiger partial charge in [0.15, 0.2) is 0 Å². The van der Waals surface area contributed by atoms with Gasteiger partial charge in [0.2, 0.25) is 10.0 Å². The summed E-state index contributed by atoms with van der Waals surface area (Å²) in [5, 5.41) is 9.01. The molecular weight excluding hydrogens is 297 g/mol. The second-order valence-electron chi connectivity index (χ2n) is 3.86. The van der Waals surface area contributed by atoms with Crippen LogP contribution < -0.4 is 0 Å². The lowest BCUT2D eigenvalue weighted by Gasteiger charge is -2.23. The van der Waals surface area contributed by atoms with Crippen LogP contribution in [0.4, 0.5) is 4.39 Å². The van der Waals surface area contributed by atoms with Crippen molar-refractivity contribution in [2.45, 2.75) is 24.3 Å². The van der Waals surface area contributed by atoms with Gasteiger partial charge in [0.25, 0.3) is 0 Å².